The number of carbonyl (C=O) groups excluding carboxylic acids is 1. The third-order valence-corrected chi connectivity index (χ3v) is 3.70. The third-order valence-electron chi connectivity index (χ3n) is 3.70. The van der Waals surface area contributed by atoms with Crippen LogP contribution < -0.4 is 5.73 Å². The number of hydrogen-bond acceptors (Lipinski definition) is 3. The molecule has 1 aliphatic heterocycles. The molecule has 2 fully saturated rings. The fourth-order valence-corrected chi connectivity index (χ4v) is 2.90. The van der Waals surface area contributed by atoms with Crippen molar-refractivity contribution >= 4 is 5.91 Å². The average molecular weight is 212 g/mol. The summed E-state index contributed by atoms with van der Waals surface area (Å²) < 4.78 is 4.91. The van der Waals surface area contributed by atoms with Gasteiger partial charge in [-0.15, -0.1) is 0 Å². The zero-order chi connectivity index (χ0) is 10.8. The minimum atomic E-state index is -0.478. The smallest absolute Gasteiger partial charge is 0.241 e. The Hall–Kier alpha value is -0.610. The van der Waals surface area contributed by atoms with E-state index in [0.717, 1.165) is 24.9 Å². The van der Waals surface area contributed by atoms with Gasteiger partial charge in [-0.3, -0.25) is 4.79 Å². The molecule has 1 saturated carbocycles. The molecule has 3 atom stereocenters. The molecule has 3 unspecified atom stereocenters. The van der Waals surface area contributed by atoms with Gasteiger partial charge in [0.15, 0.2) is 0 Å². The fourth-order valence-electron chi connectivity index (χ4n) is 2.90. The molecular formula is C11H20N2O2. The Balaban J connectivity index is 1.87. The number of hydrogen-bond donors (Lipinski definition) is 1. The van der Waals surface area contributed by atoms with Gasteiger partial charge in [0.05, 0.1) is 6.61 Å². The molecule has 1 amide bonds. The van der Waals surface area contributed by atoms with Gasteiger partial charge in [0.25, 0.3) is 0 Å². The van der Waals surface area contributed by atoms with E-state index in [0.29, 0.717) is 6.61 Å². The van der Waals surface area contributed by atoms with E-state index in [4.69, 9.17) is 10.5 Å². The summed E-state index contributed by atoms with van der Waals surface area (Å²) in [5, 5.41) is 0. The van der Waals surface area contributed by atoms with E-state index in [1.165, 1.54) is 19.3 Å². The number of ether oxygens (including phenoxy) is 1. The predicted molar refractivity (Wildman–Crippen MR) is 57.3 cm³/mol. The first-order valence-electron chi connectivity index (χ1n) is 5.75. The second kappa shape index (κ2) is 4.49. The van der Waals surface area contributed by atoms with Crippen molar-refractivity contribution in [1.29, 1.82) is 0 Å². The van der Waals surface area contributed by atoms with Gasteiger partial charge in [-0.1, -0.05) is 6.42 Å². The minimum Gasteiger partial charge on any atom is -0.383 e. The Morgan fingerprint density at radius 2 is 2.07 bits per heavy atom. The highest BCUT2D eigenvalue weighted by Crippen LogP contribution is 2.37. The highest BCUT2D eigenvalue weighted by atomic mass is 16.5. The molecule has 1 heterocycles. The van der Waals surface area contributed by atoms with Crippen LogP contribution in [0.4, 0.5) is 0 Å². The monoisotopic (exact) mass is 212 g/mol. The SMILES string of the molecule is COCC(N)C(=O)N1CC2CCCC2C1. The molecular weight excluding hydrogens is 192 g/mol. The Labute approximate surface area is 90.8 Å². The van der Waals surface area contributed by atoms with E-state index in [1.54, 1.807) is 7.11 Å². The van der Waals surface area contributed by atoms with E-state index in [-0.39, 0.29) is 5.91 Å². The first-order valence-corrected chi connectivity index (χ1v) is 5.75. The Kier molecular flexibility index (Phi) is 3.26. The van der Waals surface area contributed by atoms with E-state index >= 15 is 0 Å². The summed E-state index contributed by atoms with van der Waals surface area (Å²) in [6.07, 6.45) is 3.91. The normalized spacial score (nSPS) is 31.7. The Morgan fingerprint density at radius 3 is 2.60 bits per heavy atom. The van der Waals surface area contributed by atoms with Crippen molar-refractivity contribution in [2.45, 2.75) is 25.3 Å². The summed E-state index contributed by atoms with van der Waals surface area (Å²) >= 11 is 0. The van der Waals surface area contributed by atoms with Gasteiger partial charge in [0.1, 0.15) is 6.04 Å². The quantitative estimate of drug-likeness (QED) is 0.728. The number of fused-ring (bicyclic) bond motifs is 1. The van der Waals surface area contributed by atoms with Crippen LogP contribution in [-0.2, 0) is 9.53 Å². The van der Waals surface area contributed by atoms with Crippen molar-refractivity contribution in [3.8, 4) is 0 Å². The lowest BCUT2D eigenvalue weighted by Crippen LogP contribution is -2.45. The largest absolute Gasteiger partial charge is 0.383 e. The summed E-state index contributed by atoms with van der Waals surface area (Å²) in [6.45, 7) is 2.16. The lowest BCUT2D eigenvalue weighted by atomic mass is 10.0. The number of likely N-dealkylation sites (tertiary alicyclic amines) is 1. The molecule has 0 radical (unpaired) electrons. The number of nitrogens with two attached hydrogens (primary N) is 1. The first-order chi connectivity index (χ1) is 7.22. The molecule has 0 aromatic rings. The van der Waals surface area contributed by atoms with E-state index in [9.17, 15) is 4.79 Å². The van der Waals surface area contributed by atoms with Crippen molar-refractivity contribution in [1.82, 2.24) is 4.90 Å². The maximum atomic E-state index is 11.9. The number of methoxy groups -OCH3 is 1. The zero-order valence-corrected chi connectivity index (χ0v) is 9.32. The summed E-state index contributed by atoms with van der Waals surface area (Å²) in [6, 6.07) is -0.478. The zero-order valence-electron chi connectivity index (χ0n) is 9.32. The van der Waals surface area contributed by atoms with Gasteiger partial charge in [-0.25, -0.2) is 0 Å². The summed E-state index contributed by atoms with van der Waals surface area (Å²) in [5.74, 6) is 1.54. The van der Waals surface area contributed by atoms with Crippen LogP contribution in [-0.4, -0.2) is 43.7 Å². The third kappa shape index (κ3) is 2.16. The van der Waals surface area contributed by atoms with Gasteiger partial charge in [-0.05, 0) is 24.7 Å². The van der Waals surface area contributed by atoms with E-state index in [1.807, 2.05) is 4.90 Å². The van der Waals surface area contributed by atoms with Gasteiger partial charge in [0.2, 0.25) is 5.91 Å². The van der Waals surface area contributed by atoms with Crippen LogP contribution in [0.1, 0.15) is 19.3 Å². The molecule has 2 N–H and O–H groups in total. The van der Waals surface area contributed by atoms with Crippen molar-refractivity contribution in [3.63, 3.8) is 0 Å². The van der Waals surface area contributed by atoms with Gasteiger partial charge < -0.3 is 15.4 Å². The standard InChI is InChI=1S/C11H20N2O2/c1-15-7-10(12)11(14)13-5-8-3-2-4-9(8)6-13/h8-10H,2-7,12H2,1H3. The first kappa shape index (κ1) is 10.9. The van der Waals surface area contributed by atoms with E-state index < -0.39 is 6.04 Å². The van der Waals surface area contributed by atoms with Gasteiger partial charge in [0, 0.05) is 20.2 Å². The van der Waals surface area contributed by atoms with Crippen LogP contribution in [0.2, 0.25) is 0 Å². The fraction of sp³-hybridized carbons (Fsp3) is 0.909. The van der Waals surface area contributed by atoms with E-state index in [2.05, 4.69) is 0 Å². The maximum absolute atomic E-state index is 11.9. The predicted octanol–water partition coefficient (Wildman–Crippen LogP) is 0.219. The summed E-state index contributed by atoms with van der Waals surface area (Å²) in [4.78, 5) is 13.8. The molecule has 0 aromatic heterocycles. The van der Waals surface area contributed by atoms with Crippen LogP contribution in [0.15, 0.2) is 0 Å². The maximum Gasteiger partial charge on any atom is 0.241 e. The second-order valence-corrected chi connectivity index (χ2v) is 4.76. The molecule has 1 saturated heterocycles. The van der Waals surface area contributed by atoms with Crippen molar-refractivity contribution in [2.75, 3.05) is 26.8 Å². The van der Waals surface area contributed by atoms with Crippen molar-refractivity contribution in [3.05, 3.63) is 0 Å². The summed E-state index contributed by atoms with van der Waals surface area (Å²) in [7, 11) is 1.58. The molecule has 15 heavy (non-hydrogen) atoms. The molecule has 0 aromatic carbocycles. The topological polar surface area (TPSA) is 55.6 Å². The molecule has 0 spiro atoms. The molecule has 2 aliphatic rings. The van der Waals surface area contributed by atoms with Crippen LogP contribution in [0.5, 0.6) is 0 Å². The Morgan fingerprint density at radius 1 is 1.47 bits per heavy atom. The van der Waals surface area contributed by atoms with Crippen LogP contribution in [0.25, 0.3) is 0 Å². The average Bonchev–Trinajstić information content (AvgIpc) is 2.75. The van der Waals surface area contributed by atoms with Crippen LogP contribution in [0.3, 0.4) is 0 Å². The summed E-state index contributed by atoms with van der Waals surface area (Å²) in [5.41, 5.74) is 5.74. The van der Waals surface area contributed by atoms with Crippen LogP contribution in [0, 0.1) is 11.8 Å². The lowest BCUT2D eigenvalue weighted by Gasteiger charge is -2.21. The molecule has 4 heteroatoms. The van der Waals surface area contributed by atoms with Crippen molar-refractivity contribution < 1.29 is 9.53 Å². The molecule has 1 aliphatic carbocycles. The lowest BCUT2D eigenvalue weighted by molar-refractivity contribution is -0.133. The highest BCUT2D eigenvalue weighted by molar-refractivity contribution is 5.82. The van der Waals surface area contributed by atoms with Gasteiger partial charge in [-0.2, -0.15) is 0 Å². The van der Waals surface area contributed by atoms with Crippen molar-refractivity contribution in [2.24, 2.45) is 17.6 Å². The number of carbonyl (C=O) groups is 1. The van der Waals surface area contributed by atoms with Gasteiger partial charge >= 0.3 is 0 Å². The number of rotatable bonds is 3. The Bertz CT molecular complexity index is 233. The second-order valence-electron chi connectivity index (χ2n) is 4.76. The minimum absolute atomic E-state index is 0.0613. The molecule has 0 bridgehead atoms. The molecule has 86 valence electrons. The molecule has 4 nitrogen and oxygen atoms in total. The van der Waals surface area contributed by atoms with Crippen LogP contribution >= 0.6 is 0 Å². The number of nitrogens with zero attached hydrogens (tertiary/aromatic N) is 1. The number of amides is 1. The molecule has 2 rings (SSSR count). The highest BCUT2D eigenvalue weighted by Gasteiger charge is 2.38.